The number of nitrogens with zero attached hydrogens (tertiary/aromatic N) is 2. The van der Waals surface area contributed by atoms with E-state index in [1.165, 1.54) is 28.6 Å². The van der Waals surface area contributed by atoms with E-state index in [0.29, 0.717) is 55.5 Å². The van der Waals surface area contributed by atoms with Crippen molar-refractivity contribution in [3.8, 4) is 5.75 Å². The summed E-state index contributed by atoms with van der Waals surface area (Å²) in [5, 5.41) is 2.80. The van der Waals surface area contributed by atoms with Gasteiger partial charge in [0.15, 0.2) is 0 Å². The highest BCUT2D eigenvalue weighted by Crippen LogP contribution is 2.18. The van der Waals surface area contributed by atoms with E-state index >= 15 is 0 Å². The summed E-state index contributed by atoms with van der Waals surface area (Å²) < 4.78 is 45.5. The largest absolute Gasteiger partial charge is 0.492 e. The van der Waals surface area contributed by atoms with Gasteiger partial charge in [0.25, 0.3) is 5.91 Å². The van der Waals surface area contributed by atoms with Crippen LogP contribution in [-0.2, 0) is 16.6 Å². The second kappa shape index (κ2) is 11.4. The molecule has 1 saturated heterocycles. The fourth-order valence-electron chi connectivity index (χ4n) is 3.86. The highest BCUT2D eigenvalue weighted by atomic mass is 32.2. The summed E-state index contributed by atoms with van der Waals surface area (Å²) in [4.78, 5) is 14.9. The summed E-state index contributed by atoms with van der Waals surface area (Å²) in [7, 11) is -3.46. The minimum atomic E-state index is -3.46. The summed E-state index contributed by atoms with van der Waals surface area (Å²) in [6, 6.07) is 21.6. The van der Waals surface area contributed by atoms with Crippen LogP contribution in [0.25, 0.3) is 0 Å². The normalized spacial score (nSPS) is 15.0. The van der Waals surface area contributed by atoms with Crippen molar-refractivity contribution in [1.82, 2.24) is 14.5 Å². The smallest absolute Gasteiger partial charge is 0.251 e. The Morgan fingerprint density at radius 1 is 0.886 bits per heavy atom. The van der Waals surface area contributed by atoms with Gasteiger partial charge in [-0.3, -0.25) is 9.69 Å². The first kappa shape index (κ1) is 24.8. The van der Waals surface area contributed by atoms with Crippen molar-refractivity contribution >= 4 is 15.9 Å². The van der Waals surface area contributed by atoms with Crippen molar-refractivity contribution in [3.63, 3.8) is 0 Å². The topological polar surface area (TPSA) is 79.0 Å². The number of carbonyl (C=O) groups is 1. The van der Waals surface area contributed by atoms with E-state index in [1.807, 2.05) is 12.1 Å². The highest BCUT2D eigenvalue weighted by Gasteiger charge is 2.28. The molecule has 0 unspecified atom stereocenters. The maximum atomic E-state index is 12.9. The van der Waals surface area contributed by atoms with E-state index in [2.05, 4.69) is 10.2 Å². The Hall–Kier alpha value is -3.27. The summed E-state index contributed by atoms with van der Waals surface area (Å²) in [6.07, 6.45) is 0. The molecule has 1 amide bonds. The van der Waals surface area contributed by atoms with Crippen LogP contribution in [0.1, 0.15) is 15.9 Å². The molecule has 0 bridgehead atoms. The average molecular weight is 498 g/mol. The van der Waals surface area contributed by atoms with E-state index in [1.54, 1.807) is 42.5 Å². The van der Waals surface area contributed by atoms with Gasteiger partial charge >= 0.3 is 0 Å². The van der Waals surface area contributed by atoms with Crippen molar-refractivity contribution in [2.24, 2.45) is 0 Å². The number of hydrogen-bond acceptors (Lipinski definition) is 5. The molecule has 7 nitrogen and oxygen atoms in total. The molecule has 1 aliphatic rings. The summed E-state index contributed by atoms with van der Waals surface area (Å²) in [5.41, 5.74) is 1.61. The molecular formula is C26H28FN3O4S. The number of nitrogens with one attached hydrogen (secondary N) is 1. The van der Waals surface area contributed by atoms with E-state index in [-0.39, 0.29) is 18.3 Å². The summed E-state index contributed by atoms with van der Waals surface area (Å²) in [6.45, 7) is 3.46. The second-order valence-electron chi connectivity index (χ2n) is 8.25. The quantitative estimate of drug-likeness (QED) is 0.460. The Morgan fingerprint density at radius 2 is 1.54 bits per heavy atom. The van der Waals surface area contributed by atoms with E-state index in [4.69, 9.17) is 4.74 Å². The lowest BCUT2D eigenvalue weighted by molar-refractivity contribution is 0.0947. The number of sulfonamides is 1. The van der Waals surface area contributed by atoms with Crippen LogP contribution in [0.5, 0.6) is 5.75 Å². The SMILES string of the molecule is O=C(NCCOc1ccc(F)cc1)c1ccc(CN2CCN(S(=O)(=O)c3ccccc3)CC2)cc1. The lowest BCUT2D eigenvalue weighted by Crippen LogP contribution is -2.48. The van der Waals surface area contributed by atoms with E-state index < -0.39 is 10.0 Å². The van der Waals surface area contributed by atoms with Gasteiger partial charge in [0.2, 0.25) is 10.0 Å². The van der Waals surface area contributed by atoms with Gasteiger partial charge in [-0.25, -0.2) is 12.8 Å². The number of hydrogen-bond donors (Lipinski definition) is 1. The number of amides is 1. The first-order chi connectivity index (χ1) is 16.9. The van der Waals surface area contributed by atoms with Crippen molar-refractivity contribution in [2.75, 3.05) is 39.3 Å². The highest BCUT2D eigenvalue weighted by molar-refractivity contribution is 7.89. The Kier molecular flexibility index (Phi) is 8.12. The molecule has 1 fully saturated rings. The molecule has 184 valence electrons. The van der Waals surface area contributed by atoms with Crippen LogP contribution < -0.4 is 10.1 Å². The first-order valence-electron chi connectivity index (χ1n) is 11.4. The Labute approximate surface area is 205 Å². The van der Waals surface area contributed by atoms with Crippen molar-refractivity contribution in [3.05, 3.63) is 95.8 Å². The van der Waals surface area contributed by atoms with Crippen molar-refractivity contribution < 1.29 is 22.3 Å². The lowest BCUT2D eigenvalue weighted by atomic mass is 10.1. The molecule has 4 rings (SSSR count). The monoisotopic (exact) mass is 497 g/mol. The van der Waals surface area contributed by atoms with Gasteiger partial charge in [0.05, 0.1) is 11.4 Å². The number of halogens is 1. The summed E-state index contributed by atoms with van der Waals surface area (Å²) in [5.74, 6) is 0.0230. The number of ether oxygens (including phenoxy) is 1. The number of carbonyl (C=O) groups excluding carboxylic acids is 1. The minimum absolute atomic E-state index is 0.195. The zero-order valence-corrected chi connectivity index (χ0v) is 20.1. The van der Waals surface area contributed by atoms with Gasteiger partial charge in [-0.2, -0.15) is 4.31 Å². The van der Waals surface area contributed by atoms with E-state index in [0.717, 1.165) is 5.56 Å². The molecule has 3 aromatic rings. The molecule has 1 heterocycles. The van der Waals surface area contributed by atoms with Crippen molar-refractivity contribution in [1.29, 1.82) is 0 Å². The van der Waals surface area contributed by atoms with Crippen LogP contribution in [0.2, 0.25) is 0 Å². The Morgan fingerprint density at radius 3 is 2.20 bits per heavy atom. The molecular weight excluding hydrogens is 469 g/mol. The van der Waals surface area contributed by atoms with Crippen LogP contribution in [0.4, 0.5) is 4.39 Å². The molecule has 3 aromatic carbocycles. The van der Waals surface area contributed by atoms with Gasteiger partial charge in [0, 0.05) is 38.3 Å². The van der Waals surface area contributed by atoms with Crippen LogP contribution in [0.15, 0.2) is 83.8 Å². The van der Waals surface area contributed by atoms with Gasteiger partial charge in [0.1, 0.15) is 18.2 Å². The minimum Gasteiger partial charge on any atom is -0.492 e. The lowest BCUT2D eigenvalue weighted by Gasteiger charge is -2.34. The number of piperazine rings is 1. The maximum absolute atomic E-state index is 12.9. The molecule has 0 aromatic heterocycles. The molecule has 0 radical (unpaired) electrons. The fraction of sp³-hybridized carbons (Fsp3) is 0.269. The van der Waals surface area contributed by atoms with Crippen molar-refractivity contribution in [2.45, 2.75) is 11.4 Å². The Balaban J connectivity index is 1.21. The van der Waals surface area contributed by atoms with Gasteiger partial charge in [-0.15, -0.1) is 0 Å². The van der Waals surface area contributed by atoms with Crippen LogP contribution in [-0.4, -0.2) is 62.9 Å². The third-order valence-corrected chi connectivity index (χ3v) is 7.72. The fourth-order valence-corrected chi connectivity index (χ4v) is 5.30. The summed E-state index contributed by atoms with van der Waals surface area (Å²) >= 11 is 0. The number of benzene rings is 3. The molecule has 1 N–H and O–H groups in total. The molecule has 35 heavy (non-hydrogen) atoms. The molecule has 0 atom stereocenters. The average Bonchev–Trinajstić information content (AvgIpc) is 2.89. The van der Waals surface area contributed by atoms with Crippen LogP contribution in [0, 0.1) is 5.82 Å². The van der Waals surface area contributed by atoms with E-state index in [9.17, 15) is 17.6 Å². The third-order valence-electron chi connectivity index (χ3n) is 5.80. The Bertz CT molecular complexity index is 1210. The third kappa shape index (κ3) is 6.66. The van der Waals surface area contributed by atoms with Gasteiger partial charge in [-0.1, -0.05) is 30.3 Å². The molecule has 0 saturated carbocycles. The van der Waals surface area contributed by atoms with Crippen LogP contribution >= 0.6 is 0 Å². The van der Waals surface area contributed by atoms with Gasteiger partial charge < -0.3 is 10.1 Å². The zero-order chi connectivity index (χ0) is 24.7. The maximum Gasteiger partial charge on any atom is 0.251 e. The van der Waals surface area contributed by atoms with Gasteiger partial charge in [-0.05, 0) is 54.1 Å². The molecule has 1 aliphatic heterocycles. The standard InChI is InChI=1S/C26H28FN3O4S/c27-23-10-12-24(13-11-23)34-19-14-28-26(31)22-8-6-21(7-9-22)20-29-15-17-30(18-16-29)35(32,33)25-4-2-1-3-5-25/h1-13H,14-20H2,(H,28,31). The van der Waals surface area contributed by atoms with Crippen LogP contribution in [0.3, 0.4) is 0 Å². The predicted molar refractivity (Wildman–Crippen MR) is 131 cm³/mol. The first-order valence-corrected chi connectivity index (χ1v) is 12.9. The molecule has 0 spiro atoms. The molecule has 0 aliphatic carbocycles. The molecule has 9 heteroatoms. The predicted octanol–water partition coefficient (Wildman–Crippen LogP) is 3.14. The zero-order valence-electron chi connectivity index (χ0n) is 19.3. The number of rotatable bonds is 9. The second-order valence-corrected chi connectivity index (χ2v) is 10.2.